The van der Waals surface area contributed by atoms with Gasteiger partial charge >= 0.3 is 0 Å². The highest BCUT2D eigenvalue weighted by Crippen LogP contribution is 2.11. The third-order valence-corrected chi connectivity index (χ3v) is 4.59. The molecule has 0 saturated carbocycles. The first-order valence-corrected chi connectivity index (χ1v) is 9.49. The fraction of sp³-hybridized carbons (Fsp3) is 0.364. The molecular weight excluding hydrogens is 336 g/mol. The molecule has 0 spiro atoms. The summed E-state index contributed by atoms with van der Waals surface area (Å²) in [6, 6.07) is 18.2. The first kappa shape index (κ1) is 20.5. The van der Waals surface area contributed by atoms with Crippen LogP contribution in [0.3, 0.4) is 0 Å². The van der Waals surface area contributed by atoms with E-state index >= 15 is 0 Å². The predicted octanol–water partition coefficient (Wildman–Crippen LogP) is 3.59. The van der Waals surface area contributed by atoms with E-state index in [4.69, 9.17) is 0 Å². The van der Waals surface area contributed by atoms with Gasteiger partial charge in [0.1, 0.15) is 0 Å². The van der Waals surface area contributed by atoms with Gasteiger partial charge in [0.05, 0.1) is 6.04 Å². The summed E-state index contributed by atoms with van der Waals surface area (Å²) in [5, 5.41) is 6.71. The van der Waals surface area contributed by atoms with Crippen molar-refractivity contribution in [1.29, 1.82) is 0 Å². The van der Waals surface area contributed by atoms with E-state index in [1.807, 2.05) is 61.2 Å². The first-order chi connectivity index (χ1) is 13.1. The summed E-state index contributed by atoms with van der Waals surface area (Å²) in [7, 11) is 1.76. The van der Waals surface area contributed by atoms with Crippen molar-refractivity contribution in [2.45, 2.75) is 33.4 Å². The lowest BCUT2D eigenvalue weighted by molar-refractivity contribution is 0.0773. The Morgan fingerprint density at radius 2 is 1.67 bits per heavy atom. The van der Waals surface area contributed by atoms with E-state index in [9.17, 15) is 4.79 Å². The summed E-state index contributed by atoms with van der Waals surface area (Å²) in [6.45, 7) is 8.18. The van der Waals surface area contributed by atoms with Crippen molar-refractivity contribution in [3.05, 3.63) is 71.3 Å². The lowest BCUT2D eigenvalue weighted by Crippen LogP contribution is -2.38. The highest BCUT2D eigenvalue weighted by molar-refractivity contribution is 5.94. The van der Waals surface area contributed by atoms with Crippen LogP contribution >= 0.6 is 0 Å². The number of nitrogens with zero attached hydrogens (tertiary/aromatic N) is 2. The fourth-order valence-electron chi connectivity index (χ4n) is 2.87. The van der Waals surface area contributed by atoms with Gasteiger partial charge in [0.15, 0.2) is 5.96 Å². The summed E-state index contributed by atoms with van der Waals surface area (Å²) in [5.41, 5.74) is 3.03. The number of carbonyl (C=O) groups is 1. The Kier molecular flexibility index (Phi) is 7.86. The van der Waals surface area contributed by atoms with E-state index in [1.54, 1.807) is 7.05 Å². The van der Waals surface area contributed by atoms with Gasteiger partial charge in [0.2, 0.25) is 0 Å². The molecule has 2 N–H and O–H groups in total. The quantitative estimate of drug-likeness (QED) is 0.581. The molecule has 1 amide bonds. The first-order valence-electron chi connectivity index (χ1n) is 9.49. The molecule has 0 radical (unpaired) electrons. The second kappa shape index (κ2) is 10.4. The topological polar surface area (TPSA) is 56.7 Å². The van der Waals surface area contributed by atoms with Crippen molar-refractivity contribution in [3.63, 3.8) is 0 Å². The summed E-state index contributed by atoms with van der Waals surface area (Å²) in [6.07, 6.45) is 0. The molecule has 0 heterocycles. The molecule has 0 bridgehead atoms. The van der Waals surface area contributed by atoms with Crippen molar-refractivity contribution < 1.29 is 4.79 Å². The van der Waals surface area contributed by atoms with Gasteiger partial charge in [-0.25, -0.2) is 0 Å². The molecule has 5 nitrogen and oxygen atoms in total. The van der Waals surface area contributed by atoms with Crippen LogP contribution in [0.15, 0.2) is 59.6 Å². The number of hydrogen-bond acceptors (Lipinski definition) is 2. The molecule has 1 atom stereocenters. The molecule has 0 saturated heterocycles. The molecule has 0 aliphatic carbocycles. The lowest BCUT2D eigenvalue weighted by Gasteiger charge is -2.19. The Hall–Kier alpha value is -2.82. The Morgan fingerprint density at radius 1 is 1.04 bits per heavy atom. The van der Waals surface area contributed by atoms with E-state index in [-0.39, 0.29) is 11.9 Å². The molecule has 0 aromatic heterocycles. The van der Waals surface area contributed by atoms with Crippen molar-refractivity contribution >= 4 is 11.9 Å². The minimum Gasteiger partial charge on any atom is -0.352 e. The van der Waals surface area contributed by atoms with Crippen LogP contribution in [0.2, 0.25) is 0 Å². The molecular formula is C22H30N4O. The number of benzene rings is 2. The van der Waals surface area contributed by atoms with Gasteiger partial charge in [-0.1, -0.05) is 42.5 Å². The van der Waals surface area contributed by atoms with Gasteiger partial charge in [-0.3, -0.25) is 9.79 Å². The van der Waals surface area contributed by atoms with Crippen LogP contribution in [0.4, 0.5) is 0 Å². The van der Waals surface area contributed by atoms with Crippen LogP contribution in [-0.2, 0) is 6.54 Å². The molecule has 0 aliphatic heterocycles. The van der Waals surface area contributed by atoms with Gasteiger partial charge < -0.3 is 15.5 Å². The smallest absolute Gasteiger partial charge is 0.253 e. The highest BCUT2D eigenvalue weighted by Gasteiger charge is 2.12. The van der Waals surface area contributed by atoms with Gasteiger partial charge in [-0.15, -0.1) is 0 Å². The van der Waals surface area contributed by atoms with Crippen LogP contribution in [0.25, 0.3) is 0 Å². The van der Waals surface area contributed by atoms with Crippen molar-refractivity contribution in [2.24, 2.45) is 4.99 Å². The number of carbonyl (C=O) groups excluding carboxylic acids is 1. The Morgan fingerprint density at radius 3 is 2.22 bits per heavy atom. The van der Waals surface area contributed by atoms with E-state index in [2.05, 4.69) is 34.7 Å². The monoisotopic (exact) mass is 366 g/mol. The summed E-state index contributed by atoms with van der Waals surface area (Å²) in [4.78, 5) is 18.5. The highest BCUT2D eigenvalue weighted by atomic mass is 16.2. The molecule has 2 aromatic rings. The second-order valence-electron chi connectivity index (χ2n) is 6.38. The minimum atomic E-state index is 0.0775. The molecule has 1 unspecified atom stereocenters. The molecule has 2 rings (SSSR count). The number of nitrogens with one attached hydrogen (secondary N) is 2. The maximum atomic E-state index is 12.4. The maximum Gasteiger partial charge on any atom is 0.253 e. The maximum absolute atomic E-state index is 12.4. The number of amides is 1. The second-order valence-corrected chi connectivity index (χ2v) is 6.38. The van der Waals surface area contributed by atoms with Gasteiger partial charge in [-0.05, 0) is 44.0 Å². The van der Waals surface area contributed by atoms with Gasteiger partial charge in [-0.2, -0.15) is 0 Å². The van der Waals surface area contributed by atoms with Crippen molar-refractivity contribution in [3.8, 4) is 0 Å². The number of aliphatic imine (C=N–C) groups is 1. The van der Waals surface area contributed by atoms with Crippen LogP contribution in [0.5, 0.6) is 0 Å². The number of hydrogen-bond donors (Lipinski definition) is 2. The van der Waals surface area contributed by atoms with Crippen molar-refractivity contribution in [1.82, 2.24) is 15.5 Å². The standard InChI is InChI=1S/C22H30N4O/c1-5-26(6-2)21(27)20-14-12-18(13-15-20)16-24-22(23-4)25-17(3)19-10-8-7-9-11-19/h7-15,17H,5-6,16H2,1-4H3,(H2,23,24,25). The predicted molar refractivity (Wildman–Crippen MR) is 112 cm³/mol. The fourth-order valence-corrected chi connectivity index (χ4v) is 2.87. The average molecular weight is 367 g/mol. The zero-order valence-electron chi connectivity index (χ0n) is 16.7. The zero-order chi connectivity index (χ0) is 19.6. The van der Waals surface area contributed by atoms with Crippen LogP contribution in [-0.4, -0.2) is 36.9 Å². The third kappa shape index (κ3) is 5.84. The molecule has 0 fully saturated rings. The Labute approximate surface area is 162 Å². The SMILES string of the molecule is CCN(CC)C(=O)c1ccc(CNC(=NC)NC(C)c2ccccc2)cc1. The number of guanidine groups is 1. The normalized spacial score (nSPS) is 12.4. The minimum absolute atomic E-state index is 0.0775. The Balaban J connectivity index is 1.92. The summed E-state index contributed by atoms with van der Waals surface area (Å²) < 4.78 is 0. The third-order valence-electron chi connectivity index (χ3n) is 4.59. The summed E-state index contributed by atoms with van der Waals surface area (Å²) >= 11 is 0. The molecule has 27 heavy (non-hydrogen) atoms. The van der Waals surface area contributed by atoms with Gasteiger partial charge in [0.25, 0.3) is 5.91 Å². The van der Waals surface area contributed by atoms with Crippen LogP contribution in [0.1, 0.15) is 48.3 Å². The van der Waals surface area contributed by atoms with Crippen LogP contribution < -0.4 is 10.6 Å². The Bertz CT molecular complexity index is 737. The van der Waals surface area contributed by atoms with E-state index in [0.717, 1.165) is 30.2 Å². The number of rotatable bonds is 7. The molecule has 2 aromatic carbocycles. The van der Waals surface area contributed by atoms with Crippen LogP contribution in [0, 0.1) is 0 Å². The van der Waals surface area contributed by atoms with E-state index < -0.39 is 0 Å². The molecule has 0 aliphatic rings. The van der Waals surface area contributed by atoms with E-state index in [0.29, 0.717) is 6.54 Å². The molecule has 144 valence electrons. The summed E-state index contributed by atoms with van der Waals surface area (Å²) in [5.74, 6) is 0.823. The lowest BCUT2D eigenvalue weighted by atomic mass is 10.1. The van der Waals surface area contributed by atoms with Gasteiger partial charge in [0, 0.05) is 32.2 Å². The zero-order valence-corrected chi connectivity index (χ0v) is 16.7. The van der Waals surface area contributed by atoms with E-state index in [1.165, 1.54) is 5.56 Å². The largest absolute Gasteiger partial charge is 0.352 e. The average Bonchev–Trinajstić information content (AvgIpc) is 2.72. The van der Waals surface area contributed by atoms with Crippen molar-refractivity contribution in [2.75, 3.05) is 20.1 Å². The molecule has 5 heteroatoms.